The Bertz CT molecular complexity index is 208. The summed E-state index contributed by atoms with van der Waals surface area (Å²) in [6, 6.07) is 0. The second kappa shape index (κ2) is 2.01. The van der Waals surface area contributed by atoms with Gasteiger partial charge in [0.2, 0.25) is 0 Å². The van der Waals surface area contributed by atoms with Crippen molar-refractivity contribution in [3.05, 3.63) is 11.6 Å². The summed E-state index contributed by atoms with van der Waals surface area (Å²) in [5, 5.41) is 3.71. The van der Waals surface area contributed by atoms with Crippen molar-refractivity contribution in [2.24, 2.45) is 10.9 Å². The summed E-state index contributed by atoms with van der Waals surface area (Å²) in [4.78, 5) is 5.06. The number of amidine groups is 1. The molecule has 0 spiro atoms. The summed E-state index contributed by atoms with van der Waals surface area (Å²) < 4.78 is 0. The summed E-state index contributed by atoms with van der Waals surface area (Å²) in [5.74, 6) is 0.574. The molecule has 0 saturated heterocycles. The van der Waals surface area contributed by atoms with E-state index in [0.717, 1.165) is 18.4 Å². The monoisotopic (exact) mass is 138 g/mol. The van der Waals surface area contributed by atoms with Crippen molar-refractivity contribution in [1.82, 2.24) is 0 Å². The first-order valence-electron chi connectivity index (χ1n) is 3.57. The Morgan fingerprint density at radius 1 is 1.70 bits per heavy atom. The van der Waals surface area contributed by atoms with Crippen molar-refractivity contribution < 1.29 is 4.84 Å². The fourth-order valence-corrected chi connectivity index (χ4v) is 1.40. The molecular formula is C7H10N2O. The molecule has 0 amide bonds. The predicted molar refractivity (Wildman–Crippen MR) is 38.4 cm³/mol. The van der Waals surface area contributed by atoms with Gasteiger partial charge < -0.3 is 10.6 Å². The molecule has 0 aromatic heterocycles. The summed E-state index contributed by atoms with van der Waals surface area (Å²) in [5.41, 5.74) is 6.65. The van der Waals surface area contributed by atoms with Crippen LogP contribution in [-0.2, 0) is 4.84 Å². The van der Waals surface area contributed by atoms with Gasteiger partial charge >= 0.3 is 0 Å². The van der Waals surface area contributed by atoms with E-state index in [1.165, 1.54) is 6.42 Å². The molecule has 1 aliphatic heterocycles. The minimum absolute atomic E-state index is 0.175. The summed E-state index contributed by atoms with van der Waals surface area (Å²) in [6.45, 7) is 0. The molecule has 0 aromatic carbocycles. The van der Waals surface area contributed by atoms with E-state index in [9.17, 15) is 0 Å². The first kappa shape index (κ1) is 5.77. The van der Waals surface area contributed by atoms with Crippen molar-refractivity contribution in [2.75, 3.05) is 0 Å². The number of nitrogens with zero attached hydrogens (tertiary/aromatic N) is 1. The van der Waals surface area contributed by atoms with Crippen LogP contribution in [0.2, 0.25) is 0 Å². The maximum absolute atomic E-state index is 5.55. The van der Waals surface area contributed by atoms with Gasteiger partial charge in [0, 0.05) is 5.57 Å². The topological polar surface area (TPSA) is 47.6 Å². The van der Waals surface area contributed by atoms with E-state index in [1.807, 2.05) is 0 Å². The third kappa shape index (κ3) is 0.701. The highest BCUT2D eigenvalue weighted by atomic mass is 16.6. The van der Waals surface area contributed by atoms with Gasteiger partial charge in [-0.15, -0.1) is 0 Å². The van der Waals surface area contributed by atoms with E-state index in [-0.39, 0.29) is 6.10 Å². The van der Waals surface area contributed by atoms with Crippen LogP contribution in [0.3, 0.4) is 0 Å². The maximum atomic E-state index is 5.55. The largest absolute Gasteiger partial charge is 0.386 e. The molecule has 0 fully saturated rings. The van der Waals surface area contributed by atoms with Gasteiger partial charge in [0.1, 0.15) is 0 Å². The van der Waals surface area contributed by atoms with E-state index < -0.39 is 0 Å². The molecule has 0 aromatic rings. The molecule has 2 rings (SSSR count). The molecule has 2 aliphatic rings. The van der Waals surface area contributed by atoms with Gasteiger partial charge in [-0.25, -0.2) is 0 Å². The van der Waals surface area contributed by atoms with Gasteiger partial charge in [0.25, 0.3) is 0 Å². The van der Waals surface area contributed by atoms with Crippen LogP contribution in [0.5, 0.6) is 0 Å². The predicted octanol–water partition coefficient (Wildman–Crippen LogP) is 0.768. The third-order valence-electron chi connectivity index (χ3n) is 1.96. The van der Waals surface area contributed by atoms with E-state index in [2.05, 4.69) is 11.2 Å². The first-order valence-corrected chi connectivity index (χ1v) is 3.57. The van der Waals surface area contributed by atoms with Gasteiger partial charge in [-0.1, -0.05) is 11.2 Å². The number of oxime groups is 1. The normalized spacial score (nSPS) is 30.2. The van der Waals surface area contributed by atoms with Crippen LogP contribution in [0.1, 0.15) is 19.3 Å². The van der Waals surface area contributed by atoms with Crippen molar-refractivity contribution in [1.29, 1.82) is 0 Å². The quantitative estimate of drug-likeness (QED) is 0.537. The van der Waals surface area contributed by atoms with Gasteiger partial charge in [0.15, 0.2) is 11.9 Å². The lowest BCUT2D eigenvalue weighted by Gasteiger charge is -2.13. The van der Waals surface area contributed by atoms with Crippen LogP contribution < -0.4 is 5.73 Å². The zero-order valence-electron chi connectivity index (χ0n) is 5.71. The maximum Gasteiger partial charge on any atom is 0.169 e. The number of allylic oxidation sites excluding steroid dienone is 1. The molecule has 2 N–H and O–H groups in total. The van der Waals surface area contributed by atoms with Crippen LogP contribution in [0, 0.1) is 0 Å². The molecule has 3 nitrogen and oxygen atoms in total. The molecule has 1 atom stereocenters. The van der Waals surface area contributed by atoms with Crippen molar-refractivity contribution >= 4 is 5.84 Å². The fourth-order valence-electron chi connectivity index (χ4n) is 1.40. The van der Waals surface area contributed by atoms with Crippen LogP contribution in [-0.4, -0.2) is 11.9 Å². The number of nitrogens with two attached hydrogens (primary N) is 1. The zero-order chi connectivity index (χ0) is 6.97. The smallest absolute Gasteiger partial charge is 0.169 e. The van der Waals surface area contributed by atoms with E-state index in [4.69, 9.17) is 10.6 Å². The minimum atomic E-state index is 0.175. The summed E-state index contributed by atoms with van der Waals surface area (Å²) in [7, 11) is 0. The van der Waals surface area contributed by atoms with Crippen molar-refractivity contribution in [2.45, 2.75) is 25.4 Å². The van der Waals surface area contributed by atoms with Gasteiger partial charge in [0.05, 0.1) is 0 Å². The highest BCUT2D eigenvalue weighted by molar-refractivity contribution is 5.98. The Morgan fingerprint density at radius 2 is 2.60 bits per heavy atom. The minimum Gasteiger partial charge on any atom is -0.386 e. The third-order valence-corrected chi connectivity index (χ3v) is 1.96. The average molecular weight is 138 g/mol. The molecule has 10 heavy (non-hydrogen) atoms. The molecule has 1 aliphatic carbocycles. The fraction of sp³-hybridized carbons (Fsp3) is 0.571. The van der Waals surface area contributed by atoms with Crippen molar-refractivity contribution in [3.63, 3.8) is 0 Å². The SMILES string of the molecule is NC1=NOC2CCCC=C12. The molecule has 1 unspecified atom stereocenters. The Labute approximate surface area is 59.5 Å². The van der Waals surface area contributed by atoms with Crippen LogP contribution in [0.4, 0.5) is 0 Å². The Morgan fingerprint density at radius 3 is 3.40 bits per heavy atom. The van der Waals surface area contributed by atoms with Gasteiger partial charge in [-0.05, 0) is 19.3 Å². The first-order chi connectivity index (χ1) is 4.88. The summed E-state index contributed by atoms with van der Waals surface area (Å²) >= 11 is 0. The zero-order valence-corrected chi connectivity index (χ0v) is 5.71. The van der Waals surface area contributed by atoms with Crippen molar-refractivity contribution in [3.8, 4) is 0 Å². The molecular weight excluding hydrogens is 128 g/mol. The summed E-state index contributed by atoms with van der Waals surface area (Å²) in [6.07, 6.45) is 5.67. The number of hydrogen-bond donors (Lipinski definition) is 1. The molecule has 1 heterocycles. The highest BCUT2D eigenvalue weighted by Crippen LogP contribution is 2.25. The molecule has 3 heteroatoms. The number of rotatable bonds is 0. The Hall–Kier alpha value is -0.990. The second-order valence-corrected chi connectivity index (χ2v) is 2.66. The molecule has 0 saturated carbocycles. The lowest BCUT2D eigenvalue weighted by atomic mass is 9.96. The van der Waals surface area contributed by atoms with Gasteiger partial charge in [-0.3, -0.25) is 0 Å². The van der Waals surface area contributed by atoms with Crippen LogP contribution in [0.25, 0.3) is 0 Å². The average Bonchev–Trinajstić information content (AvgIpc) is 2.34. The number of hydrogen-bond acceptors (Lipinski definition) is 3. The second-order valence-electron chi connectivity index (χ2n) is 2.66. The van der Waals surface area contributed by atoms with E-state index in [1.54, 1.807) is 0 Å². The molecule has 54 valence electrons. The standard InChI is InChI=1S/C7H10N2O/c8-7-5-3-1-2-4-6(5)10-9-7/h3,6H,1-2,4H2,(H2,8,9). The van der Waals surface area contributed by atoms with E-state index >= 15 is 0 Å². The van der Waals surface area contributed by atoms with Crippen LogP contribution >= 0.6 is 0 Å². The van der Waals surface area contributed by atoms with Gasteiger partial charge in [-0.2, -0.15) is 0 Å². The highest BCUT2D eigenvalue weighted by Gasteiger charge is 2.27. The van der Waals surface area contributed by atoms with E-state index in [0.29, 0.717) is 5.84 Å². The lowest BCUT2D eigenvalue weighted by molar-refractivity contribution is 0.0934. The molecule has 0 bridgehead atoms. The lowest BCUT2D eigenvalue weighted by Crippen LogP contribution is -2.20. The Balaban J connectivity index is 2.27. The Kier molecular flexibility index (Phi) is 1.16. The van der Waals surface area contributed by atoms with Crippen LogP contribution in [0.15, 0.2) is 16.8 Å². The number of fused-ring (bicyclic) bond motifs is 1. The molecule has 0 radical (unpaired) electrons.